The SMILES string of the molecule is COC(=O)[C@](C)(Cc1ccccc1)NC(=O)[C@@H](CC(=O)O)NCCCc1ccc(O)c(OC)c1. The first-order chi connectivity index (χ1) is 16.2. The Kier molecular flexibility index (Phi) is 9.88. The zero-order valence-corrected chi connectivity index (χ0v) is 19.7. The number of phenolic OH excluding ortho intramolecular Hbond substituents is 1. The molecular weight excluding hydrogens is 440 g/mol. The Bertz CT molecular complexity index is 980. The van der Waals surface area contributed by atoms with Crippen molar-refractivity contribution in [1.29, 1.82) is 0 Å². The number of carbonyl (C=O) groups is 3. The van der Waals surface area contributed by atoms with Gasteiger partial charge >= 0.3 is 11.9 Å². The summed E-state index contributed by atoms with van der Waals surface area (Å²) in [6.45, 7) is 1.92. The Morgan fingerprint density at radius 1 is 1.06 bits per heavy atom. The first-order valence-electron chi connectivity index (χ1n) is 10.9. The molecule has 2 atom stereocenters. The smallest absolute Gasteiger partial charge is 0.331 e. The molecule has 2 rings (SSSR count). The zero-order chi connectivity index (χ0) is 25.1. The zero-order valence-electron chi connectivity index (χ0n) is 19.7. The van der Waals surface area contributed by atoms with E-state index < -0.39 is 35.8 Å². The topological polar surface area (TPSA) is 134 Å². The number of hydrogen-bond acceptors (Lipinski definition) is 7. The molecule has 34 heavy (non-hydrogen) atoms. The Balaban J connectivity index is 2.03. The van der Waals surface area contributed by atoms with E-state index in [-0.39, 0.29) is 12.2 Å². The number of carboxylic acids is 1. The van der Waals surface area contributed by atoms with Crippen molar-refractivity contribution in [2.45, 2.75) is 44.2 Å². The number of aromatic hydroxyl groups is 1. The van der Waals surface area contributed by atoms with Crippen molar-refractivity contribution in [3.63, 3.8) is 0 Å². The van der Waals surface area contributed by atoms with E-state index in [1.165, 1.54) is 14.2 Å². The van der Waals surface area contributed by atoms with E-state index in [0.29, 0.717) is 25.1 Å². The summed E-state index contributed by atoms with van der Waals surface area (Å²) in [5.74, 6) is -1.95. The van der Waals surface area contributed by atoms with Crippen LogP contribution in [0.15, 0.2) is 48.5 Å². The third kappa shape index (κ3) is 7.77. The van der Waals surface area contributed by atoms with E-state index >= 15 is 0 Å². The van der Waals surface area contributed by atoms with Crippen LogP contribution >= 0.6 is 0 Å². The minimum Gasteiger partial charge on any atom is -0.504 e. The molecule has 0 aliphatic heterocycles. The number of rotatable bonds is 13. The average molecular weight is 473 g/mol. The third-order valence-electron chi connectivity index (χ3n) is 5.41. The third-order valence-corrected chi connectivity index (χ3v) is 5.41. The van der Waals surface area contributed by atoms with Gasteiger partial charge in [0, 0.05) is 6.42 Å². The number of nitrogens with one attached hydrogen (secondary N) is 2. The molecule has 9 nitrogen and oxygen atoms in total. The molecule has 0 bridgehead atoms. The maximum absolute atomic E-state index is 13.0. The van der Waals surface area contributed by atoms with Gasteiger partial charge in [0.1, 0.15) is 5.54 Å². The van der Waals surface area contributed by atoms with Crippen molar-refractivity contribution in [2.75, 3.05) is 20.8 Å². The number of esters is 1. The highest BCUT2D eigenvalue weighted by Crippen LogP contribution is 2.26. The minimum atomic E-state index is -1.37. The molecule has 1 amide bonds. The van der Waals surface area contributed by atoms with Gasteiger partial charge in [0.2, 0.25) is 5.91 Å². The fraction of sp³-hybridized carbons (Fsp3) is 0.400. The molecule has 0 radical (unpaired) electrons. The highest BCUT2D eigenvalue weighted by Gasteiger charge is 2.38. The summed E-state index contributed by atoms with van der Waals surface area (Å²) in [6, 6.07) is 13.2. The average Bonchev–Trinajstić information content (AvgIpc) is 2.81. The molecule has 2 aromatic carbocycles. The molecule has 9 heteroatoms. The van der Waals surface area contributed by atoms with E-state index in [0.717, 1.165) is 11.1 Å². The van der Waals surface area contributed by atoms with Gasteiger partial charge in [-0.05, 0) is 49.6 Å². The monoisotopic (exact) mass is 472 g/mol. The summed E-state index contributed by atoms with van der Waals surface area (Å²) < 4.78 is 10.0. The molecule has 184 valence electrons. The van der Waals surface area contributed by atoms with Crippen LogP contribution in [0.1, 0.15) is 30.9 Å². The number of amides is 1. The Morgan fingerprint density at radius 3 is 2.38 bits per heavy atom. The van der Waals surface area contributed by atoms with E-state index in [9.17, 15) is 24.6 Å². The summed E-state index contributed by atoms with van der Waals surface area (Å²) in [7, 11) is 2.71. The number of carbonyl (C=O) groups excluding carboxylic acids is 2. The van der Waals surface area contributed by atoms with Gasteiger partial charge in [-0.15, -0.1) is 0 Å². The molecule has 2 aromatic rings. The van der Waals surface area contributed by atoms with Crippen LogP contribution in [0.5, 0.6) is 11.5 Å². The van der Waals surface area contributed by atoms with Crippen molar-refractivity contribution in [3.8, 4) is 11.5 Å². The lowest BCUT2D eigenvalue weighted by atomic mass is 9.92. The van der Waals surface area contributed by atoms with Gasteiger partial charge in [-0.25, -0.2) is 4.79 Å². The summed E-state index contributed by atoms with van der Waals surface area (Å²) in [4.78, 5) is 36.9. The highest BCUT2D eigenvalue weighted by molar-refractivity contribution is 5.92. The van der Waals surface area contributed by atoms with E-state index in [1.807, 2.05) is 30.3 Å². The molecule has 4 N–H and O–H groups in total. The van der Waals surface area contributed by atoms with Crippen LogP contribution in [0, 0.1) is 0 Å². The van der Waals surface area contributed by atoms with Gasteiger partial charge in [-0.2, -0.15) is 0 Å². The van der Waals surface area contributed by atoms with Crippen LogP contribution in [0.2, 0.25) is 0 Å². The van der Waals surface area contributed by atoms with Gasteiger partial charge in [0.05, 0.1) is 26.7 Å². The molecule has 0 fully saturated rings. The quantitative estimate of drug-likeness (QED) is 0.257. The highest BCUT2D eigenvalue weighted by atomic mass is 16.5. The van der Waals surface area contributed by atoms with Crippen LogP contribution in [0.4, 0.5) is 0 Å². The predicted molar refractivity (Wildman–Crippen MR) is 126 cm³/mol. The summed E-state index contributed by atoms with van der Waals surface area (Å²) in [5.41, 5.74) is 0.383. The second-order valence-electron chi connectivity index (χ2n) is 8.19. The molecule has 0 heterocycles. The number of ether oxygens (including phenoxy) is 2. The van der Waals surface area contributed by atoms with Crippen molar-refractivity contribution < 1.29 is 34.1 Å². The normalized spacial score (nSPS) is 13.4. The molecule has 0 aromatic heterocycles. The van der Waals surface area contributed by atoms with Crippen LogP contribution in [0.3, 0.4) is 0 Å². The van der Waals surface area contributed by atoms with E-state index in [4.69, 9.17) is 9.47 Å². The second kappa shape index (κ2) is 12.6. The first-order valence-corrected chi connectivity index (χ1v) is 10.9. The number of benzene rings is 2. The molecule has 0 aliphatic carbocycles. The lowest BCUT2D eigenvalue weighted by molar-refractivity contribution is -0.150. The number of hydrogen-bond donors (Lipinski definition) is 4. The Hall–Kier alpha value is -3.59. The molecular formula is C25H32N2O7. The van der Waals surface area contributed by atoms with Crippen molar-refractivity contribution in [1.82, 2.24) is 10.6 Å². The van der Waals surface area contributed by atoms with Gasteiger partial charge < -0.3 is 30.3 Å². The molecule has 0 saturated carbocycles. The van der Waals surface area contributed by atoms with Crippen LogP contribution in [0.25, 0.3) is 0 Å². The van der Waals surface area contributed by atoms with E-state index in [1.54, 1.807) is 25.1 Å². The second-order valence-corrected chi connectivity index (χ2v) is 8.19. The molecule has 0 spiro atoms. The number of aryl methyl sites for hydroxylation is 1. The molecule has 0 unspecified atom stereocenters. The maximum Gasteiger partial charge on any atom is 0.331 e. The van der Waals surface area contributed by atoms with Gasteiger partial charge in [-0.1, -0.05) is 36.4 Å². The fourth-order valence-corrected chi connectivity index (χ4v) is 3.63. The summed E-state index contributed by atoms with van der Waals surface area (Å²) >= 11 is 0. The summed E-state index contributed by atoms with van der Waals surface area (Å²) in [5, 5.41) is 24.7. The van der Waals surface area contributed by atoms with Crippen molar-refractivity contribution in [2.24, 2.45) is 0 Å². The van der Waals surface area contributed by atoms with Crippen LogP contribution < -0.4 is 15.4 Å². The van der Waals surface area contributed by atoms with Gasteiger partial charge in [0.15, 0.2) is 11.5 Å². The Labute approximate surface area is 199 Å². The lowest BCUT2D eigenvalue weighted by Gasteiger charge is -2.30. The standard InChI is InChI=1S/C25H32N2O7/c1-25(24(32)34-3,16-18-8-5-4-6-9-18)27-23(31)19(15-22(29)30)26-13-7-10-17-11-12-20(28)21(14-17)33-2/h4-6,8-9,11-12,14,19,26,28H,7,10,13,15-16H2,1-3H3,(H,27,31)(H,29,30)/t19-,25+/m1/s1. The van der Waals surface area contributed by atoms with Crippen molar-refractivity contribution in [3.05, 3.63) is 59.7 Å². The number of phenols is 1. The van der Waals surface area contributed by atoms with Gasteiger partial charge in [-0.3, -0.25) is 9.59 Å². The number of aliphatic carboxylic acids is 1. The maximum atomic E-state index is 13.0. The fourth-order valence-electron chi connectivity index (χ4n) is 3.63. The molecule has 0 aliphatic rings. The lowest BCUT2D eigenvalue weighted by Crippen LogP contribution is -2.59. The van der Waals surface area contributed by atoms with Crippen LogP contribution in [-0.4, -0.2) is 60.4 Å². The van der Waals surface area contributed by atoms with Crippen molar-refractivity contribution >= 4 is 17.8 Å². The van der Waals surface area contributed by atoms with Crippen LogP contribution in [-0.2, 0) is 32.0 Å². The summed E-state index contributed by atoms with van der Waals surface area (Å²) in [6.07, 6.45) is 0.977. The largest absolute Gasteiger partial charge is 0.504 e. The van der Waals surface area contributed by atoms with Gasteiger partial charge in [0.25, 0.3) is 0 Å². The molecule has 0 saturated heterocycles. The minimum absolute atomic E-state index is 0.0479. The first kappa shape index (κ1) is 26.7. The number of carboxylic acid groups (broad SMARTS) is 1. The van der Waals surface area contributed by atoms with E-state index in [2.05, 4.69) is 10.6 Å². The predicted octanol–water partition coefficient (Wildman–Crippen LogP) is 2.06. The number of methoxy groups -OCH3 is 2. The Morgan fingerprint density at radius 2 is 1.76 bits per heavy atom.